The second kappa shape index (κ2) is 15.3. The zero-order chi connectivity index (χ0) is 35.3. The van der Waals surface area contributed by atoms with E-state index in [9.17, 15) is 13.2 Å². The van der Waals surface area contributed by atoms with Crippen LogP contribution in [-0.2, 0) is 40.9 Å². The van der Waals surface area contributed by atoms with Gasteiger partial charge in [-0.15, -0.1) is 0 Å². The molecule has 6 aromatic rings. The lowest BCUT2D eigenvalue weighted by atomic mass is 10.1. The Bertz CT molecular complexity index is 2170. The van der Waals surface area contributed by atoms with Gasteiger partial charge in [0.2, 0.25) is 15.9 Å². The third-order valence-corrected chi connectivity index (χ3v) is 10.7. The molecule has 0 saturated heterocycles. The first-order chi connectivity index (χ1) is 24.1. The Morgan fingerprint density at radius 1 is 0.800 bits per heavy atom. The molecule has 1 heterocycles. The summed E-state index contributed by atoms with van der Waals surface area (Å²) < 4.78 is 43.5. The Morgan fingerprint density at radius 3 is 1.96 bits per heavy atom. The van der Waals surface area contributed by atoms with Crippen molar-refractivity contribution in [2.75, 3.05) is 19.5 Å². The van der Waals surface area contributed by atoms with Crippen molar-refractivity contribution < 1.29 is 22.7 Å². The third-order valence-electron chi connectivity index (χ3n) is 8.22. The molecule has 0 radical (unpaired) electrons. The van der Waals surface area contributed by atoms with E-state index in [-0.39, 0.29) is 30.3 Å². The summed E-state index contributed by atoms with van der Waals surface area (Å²) in [5, 5.41) is 8.99. The first-order valence-corrected chi connectivity index (χ1v) is 17.9. The second-order valence-electron chi connectivity index (χ2n) is 11.6. The molecule has 0 unspecified atom stereocenters. The highest BCUT2D eigenvalue weighted by atomic mass is 35.5. The number of halogens is 2. The van der Waals surface area contributed by atoms with Gasteiger partial charge >= 0.3 is 0 Å². The van der Waals surface area contributed by atoms with E-state index in [1.165, 1.54) is 10.4 Å². The van der Waals surface area contributed by atoms with Crippen LogP contribution in [0.1, 0.15) is 22.3 Å². The number of nitrogens with one attached hydrogen (secondary N) is 1. The maximum absolute atomic E-state index is 14.9. The molecule has 0 aliphatic rings. The molecule has 0 atom stereocenters. The smallest absolute Gasteiger partial charge is 0.244 e. The number of anilines is 1. The summed E-state index contributed by atoms with van der Waals surface area (Å²) in [6, 6.07) is 32.2. The van der Waals surface area contributed by atoms with Gasteiger partial charge in [0.1, 0.15) is 11.5 Å². The van der Waals surface area contributed by atoms with Gasteiger partial charge in [0.15, 0.2) is 0 Å². The highest BCUT2D eigenvalue weighted by Gasteiger charge is 2.29. The van der Waals surface area contributed by atoms with Gasteiger partial charge < -0.3 is 14.8 Å². The minimum Gasteiger partial charge on any atom is -0.497 e. The van der Waals surface area contributed by atoms with Crippen LogP contribution in [0.3, 0.4) is 0 Å². The summed E-state index contributed by atoms with van der Waals surface area (Å²) in [7, 11) is -1.06. The van der Waals surface area contributed by atoms with Crippen LogP contribution < -0.4 is 14.8 Å². The number of hydrogen-bond donors (Lipinski definition) is 1. The number of sulfonamides is 1. The molecule has 0 aliphatic heterocycles. The van der Waals surface area contributed by atoms with Crippen molar-refractivity contribution in [3.63, 3.8) is 0 Å². The molecule has 5 aromatic carbocycles. The monoisotopic (exact) mass is 728 g/mol. The van der Waals surface area contributed by atoms with Gasteiger partial charge in [-0.2, -0.15) is 9.40 Å². The molecular formula is C38H34Cl2N4O5S. The highest BCUT2D eigenvalue weighted by Crippen LogP contribution is 2.33. The van der Waals surface area contributed by atoms with E-state index in [1.54, 1.807) is 91.8 Å². The fourth-order valence-electron chi connectivity index (χ4n) is 5.57. The number of hydrogen-bond acceptors (Lipinski definition) is 6. The number of methoxy groups -OCH3 is 2. The van der Waals surface area contributed by atoms with Crippen LogP contribution in [0.25, 0.3) is 10.9 Å². The molecule has 9 nitrogen and oxygen atoms in total. The van der Waals surface area contributed by atoms with Gasteiger partial charge in [-0.3, -0.25) is 9.48 Å². The molecule has 0 spiro atoms. The quantitative estimate of drug-likeness (QED) is 0.129. The van der Waals surface area contributed by atoms with Gasteiger partial charge in [0.05, 0.1) is 43.8 Å². The van der Waals surface area contributed by atoms with E-state index in [1.807, 2.05) is 36.4 Å². The average Bonchev–Trinajstić information content (AvgIpc) is 3.52. The Morgan fingerprint density at radius 2 is 1.38 bits per heavy atom. The Kier molecular flexibility index (Phi) is 10.7. The number of benzene rings is 5. The van der Waals surface area contributed by atoms with Gasteiger partial charge in [-0.25, -0.2) is 8.42 Å². The summed E-state index contributed by atoms with van der Waals surface area (Å²) in [6.45, 7) is 0.488. The van der Waals surface area contributed by atoms with Crippen molar-refractivity contribution in [2.45, 2.75) is 31.0 Å². The molecule has 0 saturated carbocycles. The molecule has 12 heteroatoms. The molecule has 0 aliphatic carbocycles. The maximum Gasteiger partial charge on any atom is 0.244 e. The topological polar surface area (TPSA) is 103 Å². The highest BCUT2D eigenvalue weighted by molar-refractivity contribution is 7.89. The Hall–Kier alpha value is -4.87. The summed E-state index contributed by atoms with van der Waals surface area (Å²) in [6.07, 6.45) is 1.55. The molecule has 256 valence electrons. The molecule has 6 rings (SSSR count). The van der Waals surface area contributed by atoms with Gasteiger partial charge in [0.25, 0.3) is 0 Å². The molecule has 1 amide bonds. The average molecular weight is 730 g/mol. The minimum absolute atomic E-state index is 0.00486. The van der Waals surface area contributed by atoms with E-state index in [0.29, 0.717) is 50.2 Å². The van der Waals surface area contributed by atoms with E-state index in [4.69, 9.17) is 32.7 Å². The molecule has 0 fully saturated rings. The van der Waals surface area contributed by atoms with Gasteiger partial charge in [-0.1, -0.05) is 77.8 Å². The summed E-state index contributed by atoms with van der Waals surface area (Å²) in [5.41, 5.74) is 3.93. The van der Waals surface area contributed by atoms with Crippen molar-refractivity contribution in [2.24, 2.45) is 0 Å². The van der Waals surface area contributed by atoms with Crippen molar-refractivity contribution >= 4 is 55.7 Å². The van der Waals surface area contributed by atoms with Gasteiger partial charge in [0, 0.05) is 34.2 Å². The summed E-state index contributed by atoms with van der Waals surface area (Å²) in [5.74, 6) is 0.972. The zero-order valence-electron chi connectivity index (χ0n) is 27.3. The molecule has 1 aromatic heterocycles. The number of rotatable bonds is 13. The van der Waals surface area contributed by atoms with Crippen LogP contribution in [0.4, 0.5) is 5.69 Å². The van der Waals surface area contributed by atoms with E-state index in [0.717, 1.165) is 16.7 Å². The fraction of sp³-hybridized carbons (Fsp3) is 0.158. The number of aromatic nitrogens is 2. The number of nitrogens with zero attached hydrogens (tertiary/aromatic N) is 3. The second-order valence-corrected chi connectivity index (χ2v) is 14.4. The zero-order valence-corrected chi connectivity index (χ0v) is 29.7. The number of ether oxygens (including phenoxy) is 2. The van der Waals surface area contributed by atoms with E-state index < -0.39 is 10.0 Å². The largest absolute Gasteiger partial charge is 0.497 e. The summed E-state index contributed by atoms with van der Waals surface area (Å²) in [4.78, 5) is 13.3. The summed E-state index contributed by atoms with van der Waals surface area (Å²) >= 11 is 12.4. The lowest BCUT2D eigenvalue weighted by Gasteiger charge is -2.24. The van der Waals surface area contributed by atoms with Crippen LogP contribution in [0.15, 0.2) is 120 Å². The maximum atomic E-state index is 14.9. The lowest BCUT2D eigenvalue weighted by Crippen LogP contribution is -2.30. The predicted molar refractivity (Wildman–Crippen MR) is 196 cm³/mol. The predicted octanol–water partition coefficient (Wildman–Crippen LogP) is 7.98. The normalized spacial score (nSPS) is 11.5. The number of amides is 1. The van der Waals surface area contributed by atoms with Crippen LogP contribution in [0.5, 0.6) is 11.5 Å². The van der Waals surface area contributed by atoms with Crippen LogP contribution in [0.2, 0.25) is 10.0 Å². The fourth-order valence-corrected chi connectivity index (χ4v) is 7.53. The number of carbonyl (C=O) groups is 1. The van der Waals surface area contributed by atoms with Crippen LogP contribution in [-0.4, -0.2) is 42.6 Å². The van der Waals surface area contributed by atoms with Crippen molar-refractivity contribution in [1.29, 1.82) is 0 Å². The van der Waals surface area contributed by atoms with Crippen molar-refractivity contribution in [3.05, 3.63) is 148 Å². The minimum atomic E-state index is -4.22. The SMILES string of the molecule is COc1ccc(CN(Cc2ccc(OC)cc2)S(=O)(=O)c2cc(NC(=O)Cc3ccccc3Cl)cc3c2cnn3Cc2ccc(Cl)cc2)cc1. The standard InChI is InChI=1S/C38H34Cl2N4O5S/c1-48-32-15-9-26(10-16-32)23-43(24-27-11-17-33(49-2)18-12-27)50(46,47)37-21-31(42-38(45)19-29-5-3-4-6-35(29)40)20-36-34(37)22-41-44(36)25-28-7-13-30(39)14-8-28/h3-18,20-22H,19,23-25H2,1-2H3,(H,42,45). The Balaban J connectivity index is 1.43. The molecule has 1 N–H and O–H groups in total. The Labute approximate surface area is 301 Å². The molecule has 0 bridgehead atoms. The number of fused-ring (bicyclic) bond motifs is 1. The first-order valence-electron chi connectivity index (χ1n) is 15.7. The van der Waals surface area contributed by atoms with Crippen molar-refractivity contribution in [1.82, 2.24) is 14.1 Å². The molecule has 50 heavy (non-hydrogen) atoms. The third kappa shape index (κ3) is 8.11. The lowest BCUT2D eigenvalue weighted by molar-refractivity contribution is -0.115. The number of carbonyl (C=O) groups excluding carboxylic acids is 1. The van der Waals surface area contributed by atoms with Crippen LogP contribution in [0, 0.1) is 0 Å². The molecular weight excluding hydrogens is 695 g/mol. The van der Waals surface area contributed by atoms with Crippen LogP contribution >= 0.6 is 23.2 Å². The first kappa shape index (κ1) is 35.0. The van der Waals surface area contributed by atoms with E-state index in [2.05, 4.69) is 10.4 Å². The van der Waals surface area contributed by atoms with E-state index >= 15 is 0 Å². The van der Waals surface area contributed by atoms with Gasteiger partial charge in [-0.05, 0) is 76.9 Å². The van der Waals surface area contributed by atoms with Crippen molar-refractivity contribution in [3.8, 4) is 11.5 Å².